The highest BCUT2D eigenvalue weighted by atomic mass is 16.2. The van der Waals surface area contributed by atoms with Gasteiger partial charge in [-0.05, 0) is 5.92 Å². The molecule has 0 aliphatic rings. The van der Waals surface area contributed by atoms with E-state index in [0.29, 0.717) is 0 Å². The molecule has 3 heteroatoms. The van der Waals surface area contributed by atoms with Crippen LogP contribution in [0.5, 0.6) is 0 Å². The quantitative estimate of drug-likeness (QED) is 0.733. The number of rotatable bonds is 5. The molecule has 0 aromatic carbocycles. The van der Waals surface area contributed by atoms with Crippen LogP contribution < -0.4 is 5.32 Å². The summed E-state index contributed by atoms with van der Waals surface area (Å²) in [6, 6.07) is -0.322. The van der Waals surface area contributed by atoms with Crippen molar-refractivity contribution in [3.63, 3.8) is 0 Å². The second-order valence-electron chi connectivity index (χ2n) is 4.12. The molecular weight excluding hydrogens is 178 g/mol. The summed E-state index contributed by atoms with van der Waals surface area (Å²) in [6.45, 7) is 9.18. The van der Waals surface area contributed by atoms with Crippen LogP contribution in [0.3, 0.4) is 0 Å². The zero-order chi connectivity index (χ0) is 11.3. The van der Waals surface area contributed by atoms with E-state index >= 15 is 0 Å². The van der Waals surface area contributed by atoms with E-state index in [9.17, 15) is 9.59 Å². The predicted molar refractivity (Wildman–Crippen MR) is 56.9 cm³/mol. The van der Waals surface area contributed by atoms with E-state index in [4.69, 9.17) is 0 Å². The van der Waals surface area contributed by atoms with E-state index in [1.807, 2.05) is 27.7 Å². The fourth-order valence-corrected chi connectivity index (χ4v) is 1.31. The van der Waals surface area contributed by atoms with Crippen LogP contribution in [0.4, 0.5) is 0 Å². The normalized spacial score (nSPS) is 15.0. The molecule has 0 unspecified atom stereocenters. The van der Waals surface area contributed by atoms with Crippen molar-refractivity contribution >= 4 is 11.7 Å². The summed E-state index contributed by atoms with van der Waals surface area (Å²) in [5.41, 5.74) is 0. The fourth-order valence-electron chi connectivity index (χ4n) is 1.31. The second-order valence-corrected chi connectivity index (χ2v) is 4.12. The largest absolute Gasteiger partial charge is 0.346 e. The lowest BCUT2D eigenvalue weighted by Crippen LogP contribution is -2.45. The number of hydrogen-bond acceptors (Lipinski definition) is 2. The van der Waals surface area contributed by atoms with E-state index in [0.717, 1.165) is 6.42 Å². The number of Topliss-reactive ketones (excluding diaryl/α,β-unsaturated/α-hetero) is 1. The first-order valence-electron chi connectivity index (χ1n) is 5.21. The first-order valence-corrected chi connectivity index (χ1v) is 5.21. The number of nitrogens with one attached hydrogen (secondary N) is 1. The Hall–Kier alpha value is -0.860. The molecule has 3 nitrogen and oxygen atoms in total. The number of carbonyl (C=O) groups excluding carboxylic acids is 2. The van der Waals surface area contributed by atoms with E-state index < -0.39 is 0 Å². The van der Waals surface area contributed by atoms with Crippen molar-refractivity contribution in [2.24, 2.45) is 11.8 Å². The third-order valence-corrected chi connectivity index (χ3v) is 2.45. The number of carbonyl (C=O) groups is 2. The molecule has 0 rings (SSSR count). The summed E-state index contributed by atoms with van der Waals surface area (Å²) in [5, 5.41) is 2.72. The fraction of sp³-hybridized carbons (Fsp3) is 0.818. The standard InChI is InChI=1S/C11H21NO2/c1-6-8(4)10(12-9(5)13)11(14)7(2)3/h7-8,10H,6H2,1-5H3,(H,12,13)/t8-,10-/m1/s1. The molecule has 0 saturated heterocycles. The predicted octanol–water partition coefficient (Wildman–Crippen LogP) is 1.76. The van der Waals surface area contributed by atoms with Crippen molar-refractivity contribution in [2.75, 3.05) is 0 Å². The highest BCUT2D eigenvalue weighted by Gasteiger charge is 2.26. The van der Waals surface area contributed by atoms with E-state index in [-0.39, 0.29) is 29.6 Å². The Morgan fingerprint density at radius 2 is 1.71 bits per heavy atom. The molecule has 0 aliphatic heterocycles. The zero-order valence-corrected chi connectivity index (χ0v) is 9.76. The Morgan fingerprint density at radius 3 is 2.00 bits per heavy atom. The molecule has 0 aliphatic carbocycles. The molecule has 0 fully saturated rings. The van der Waals surface area contributed by atoms with Gasteiger partial charge in [0.15, 0.2) is 5.78 Å². The Kier molecular flexibility index (Phi) is 5.43. The lowest BCUT2D eigenvalue weighted by molar-refractivity contribution is -0.129. The molecule has 0 spiro atoms. The molecule has 2 atom stereocenters. The van der Waals surface area contributed by atoms with Crippen LogP contribution in [0.15, 0.2) is 0 Å². The van der Waals surface area contributed by atoms with Crippen LogP contribution in [0, 0.1) is 11.8 Å². The highest BCUT2D eigenvalue weighted by Crippen LogP contribution is 2.12. The molecule has 1 N–H and O–H groups in total. The van der Waals surface area contributed by atoms with Crippen LogP contribution in [0.1, 0.15) is 41.0 Å². The molecule has 0 heterocycles. The Labute approximate surface area is 86.3 Å². The van der Waals surface area contributed by atoms with Crippen LogP contribution in [-0.4, -0.2) is 17.7 Å². The summed E-state index contributed by atoms with van der Waals surface area (Å²) >= 11 is 0. The summed E-state index contributed by atoms with van der Waals surface area (Å²) in [7, 11) is 0. The topological polar surface area (TPSA) is 46.2 Å². The van der Waals surface area contributed by atoms with Gasteiger partial charge in [-0.1, -0.05) is 34.1 Å². The SMILES string of the molecule is CC[C@@H](C)[C@@H](NC(C)=O)C(=O)C(C)C. The monoisotopic (exact) mass is 199 g/mol. The maximum Gasteiger partial charge on any atom is 0.217 e. The zero-order valence-electron chi connectivity index (χ0n) is 9.76. The summed E-state index contributed by atoms with van der Waals surface area (Å²) in [4.78, 5) is 22.7. The first kappa shape index (κ1) is 13.1. The Balaban J connectivity index is 4.54. The molecule has 0 saturated carbocycles. The van der Waals surface area contributed by atoms with Gasteiger partial charge in [0.25, 0.3) is 0 Å². The molecule has 0 radical (unpaired) electrons. The van der Waals surface area contributed by atoms with Crippen molar-refractivity contribution in [3.8, 4) is 0 Å². The van der Waals surface area contributed by atoms with Gasteiger partial charge in [0.1, 0.15) is 0 Å². The number of ketones is 1. The van der Waals surface area contributed by atoms with Crippen molar-refractivity contribution in [1.29, 1.82) is 0 Å². The van der Waals surface area contributed by atoms with Gasteiger partial charge in [0.05, 0.1) is 6.04 Å². The average Bonchev–Trinajstić information content (AvgIpc) is 2.11. The number of hydrogen-bond donors (Lipinski definition) is 1. The van der Waals surface area contributed by atoms with E-state index in [1.54, 1.807) is 0 Å². The Morgan fingerprint density at radius 1 is 1.21 bits per heavy atom. The van der Waals surface area contributed by atoms with E-state index in [1.165, 1.54) is 6.92 Å². The van der Waals surface area contributed by atoms with Gasteiger partial charge in [-0.25, -0.2) is 0 Å². The summed E-state index contributed by atoms with van der Waals surface area (Å²) < 4.78 is 0. The van der Waals surface area contributed by atoms with Crippen LogP contribution in [0.2, 0.25) is 0 Å². The van der Waals surface area contributed by atoms with Gasteiger partial charge in [0, 0.05) is 12.8 Å². The van der Waals surface area contributed by atoms with Crippen LogP contribution in [-0.2, 0) is 9.59 Å². The molecule has 82 valence electrons. The average molecular weight is 199 g/mol. The lowest BCUT2D eigenvalue weighted by Gasteiger charge is -2.24. The smallest absolute Gasteiger partial charge is 0.217 e. The van der Waals surface area contributed by atoms with Crippen LogP contribution in [0.25, 0.3) is 0 Å². The van der Waals surface area contributed by atoms with Gasteiger partial charge < -0.3 is 5.32 Å². The van der Waals surface area contributed by atoms with Crippen molar-refractivity contribution in [1.82, 2.24) is 5.32 Å². The van der Waals surface area contributed by atoms with Crippen molar-refractivity contribution in [3.05, 3.63) is 0 Å². The maximum absolute atomic E-state index is 11.8. The van der Waals surface area contributed by atoms with Crippen LogP contribution >= 0.6 is 0 Å². The Bertz CT molecular complexity index is 211. The molecule has 0 bridgehead atoms. The molecule has 1 amide bonds. The third-order valence-electron chi connectivity index (χ3n) is 2.45. The summed E-state index contributed by atoms with van der Waals surface area (Å²) in [5.74, 6) is 0.161. The minimum absolute atomic E-state index is 0.0270. The minimum atomic E-state index is -0.322. The minimum Gasteiger partial charge on any atom is -0.346 e. The van der Waals surface area contributed by atoms with Gasteiger partial charge in [-0.3, -0.25) is 9.59 Å². The highest BCUT2D eigenvalue weighted by molar-refractivity contribution is 5.89. The van der Waals surface area contributed by atoms with Gasteiger partial charge in [0.2, 0.25) is 5.91 Å². The van der Waals surface area contributed by atoms with Gasteiger partial charge >= 0.3 is 0 Å². The molecular formula is C11H21NO2. The maximum atomic E-state index is 11.8. The van der Waals surface area contributed by atoms with Gasteiger partial charge in [-0.2, -0.15) is 0 Å². The van der Waals surface area contributed by atoms with Gasteiger partial charge in [-0.15, -0.1) is 0 Å². The molecule has 0 aromatic heterocycles. The third kappa shape index (κ3) is 3.90. The molecule has 14 heavy (non-hydrogen) atoms. The lowest BCUT2D eigenvalue weighted by atomic mass is 9.90. The van der Waals surface area contributed by atoms with Crippen molar-refractivity contribution in [2.45, 2.75) is 47.1 Å². The summed E-state index contributed by atoms with van der Waals surface area (Å²) in [6.07, 6.45) is 0.892. The van der Waals surface area contributed by atoms with Crippen molar-refractivity contribution < 1.29 is 9.59 Å². The first-order chi connectivity index (χ1) is 6.40. The van der Waals surface area contributed by atoms with E-state index in [2.05, 4.69) is 5.32 Å². The second kappa shape index (κ2) is 5.78. The number of amides is 1. The molecule has 0 aromatic rings.